The van der Waals surface area contributed by atoms with Gasteiger partial charge in [-0.05, 0) is 18.3 Å². The van der Waals surface area contributed by atoms with Crippen LogP contribution in [-0.4, -0.2) is 12.1 Å². The first-order valence-electron chi connectivity index (χ1n) is 7.63. The lowest BCUT2D eigenvalue weighted by Crippen LogP contribution is -2.14. The molecule has 1 aliphatic carbocycles. The molecule has 0 aromatic heterocycles. The summed E-state index contributed by atoms with van der Waals surface area (Å²) in [5.41, 5.74) is -2.93. The number of rotatable bonds is 4. The normalized spacial score (nSPS) is 22.0. The fraction of sp³-hybridized carbons (Fsp3) is 0.471. The van der Waals surface area contributed by atoms with Gasteiger partial charge in [-0.2, -0.15) is 13.2 Å². The molecule has 2 atom stereocenters. The van der Waals surface area contributed by atoms with Gasteiger partial charge in [-0.3, -0.25) is 4.79 Å². The highest BCUT2D eigenvalue weighted by Crippen LogP contribution is 2.60. The first kappa shape index (κ1) is 21.5. The molecule has 1 aromatic rings. The third-order valence-electron chi connectivity index (χ3n) is 4.69. The summed E-state index contributed by atoms with van der Waals surface area (Å²) in [5.74, 6) is -9.68. The molecular formula is C17H14ClF7O2. The molecule has 0 aliphatic heterocycles. The van der Waals surface area contributed by atoms with Crippen LogP contribution in [0.1, 0.15) is 25.0 Å². The molecule has 0 amide bonds. The Kier molecular flexibility index (Phi) is 5.58. The lowest BCUT2D eigenvalue weighted by atomic mass is 10.1. The minimum absolute atomic E-state index is 0.667. The van der Waals surface area contributed by atoms with E-state index in [2.05, 4.69) is 0 Å². The van der Waals surface area contributed by atoms with E-state index in [4.69, 9.17) is 16.3 Å². The second-order valence-electron chi connectivity index (χ2n) is 6.80. The smallest absolute Gasteiger partial charge is 0.426 e. The second-order valence-corrected chi connectivity index (χ2v) is 7.21. The van der Waals surface area contributed by atoms with Crippen molar-refractivity contribution in [2.24, 2.45) is 17.3 Å². The number of esters is 1. The minimum atomic E-state index is -4.78. The maximum atomic E-state index is 13.8. The standard InChI is InChI=1S/C17H14ClF7O2/c1-6-11(19)13(21)7(14(22)12(6)20)5-27-15(26)10-8(16(10,2)3)4-9(18)17(23,24)25/h4,8,10H,5H2,1-3H3/t8-,10-/m1/s1. The molecule has 0 spiro atoms. The molecule has 2 nitrogen and oxygen atoms in total. The summed E-state index contributed by atoms with van der Waals surface area (Å²) >= 11 is 5.15. The largest absolute Gasteiger partial charge is 0.460 e. The summed E-state index contributed by atoms with van der Waals surface area (Å²) in [7, 11) is 0. The highest BCUT2D eigenvalue weighted by Gasteiger charge is 2.62. The first-order chi connectivity index (χ1) is 12.2. The molecular weight excluding hydrogens is 405 g/mol. The number of ether oxygens (including phenoxy) is 1. The Morgan fingerprint density at radius 1 is 1.11 bits per heavy atom. The Morgan fingerprint density at radius 3 is 2.04 bits per heavy atom. The average molecular weight is 419 g/mol. The lowest BCUT2D eigenvalue weighted by Gasteiger charge is -2.10. The van der Waals surface area contributed by atoms with E-state index in [1.807, 2.05) is 0 Å². The molecule has 27 heavy (non-hydrogen) atoms. The van der Waals surface area contributed by atoms with Gasteiger partial charge >= 0.3 is 12.1 Å². The molecule has 0 heterocycles. The predicted octanol–water partition coefficient (Wildman–Crippen LogP) is 5.55. The van der Waals surface area contributed by atoms with Crippen molar-refractivity contribution in [1.82, 2.24) is 0 Å². The summed E-state index contributed by atoms with van der Waals surface area (Å²) in [6.07, 6.45) is -4.11. The Hall–Kier alpha value is -1.77. The van der Waals surface area contributed by atoms with Crippen molar-refractivity contribution in [2.45, 2.75) is 33.6 Å². The average Bonchev–Trinajstić information content (AvgIpc) is 3.10. The summed E-state index contributed by atoms with van der Waals surface area (Å²) < 4.78 is 96.8. The highest BCUT2D eigenvalue weighted by molar-refractivity contribution is 6.30. The number of carbonyl (C=O) groups is 1. The van der Waals surface area contributed by atoms with Crippen LogP contribution in [0.4, 0.5) is 30.7 Å². The van der Waals surface area contributed by atoms with Gasteiger partial charge in [-0.25, -0.2) is 17.6 Å². The van der Waals surface area contributed by atoms with Crippen LogP contribution < -0.4 is 0 Å². The maximum Gasteiger partial charge on any atom is 0.426 e. The summed E-state index contributed by atoms with van der Waals surface area (Å²) in [5, 5.41) is -1.41. The fourth-order valence-electron chi connectivity index (χ4n) is 2.84. The topological polar surface area (TPSA) is 26.3 Å². The fourth-order valence-corrected chi connectivity index (χ4v) is 2.97. The van der Waals surface area contributed by atoms with Crippen molar-refractivity contribution in [3.63, 3.8) is 0 Å². The Labute approximate surface area is 154 Å². The van der Waals surface area contributed by atoms with Crippen molar-refractivity contribution in [3.05, 3.63) is 45.5 Å². The van der Waals surface area contributed by atoms with Crippen molar-refractivity contribution in [2.75, 3.05) is 0 Å². The van der Waals surface area contributed by atoms with E-state index < -0.39 is 75.4 Å². The van der Waals surface area contributed by atoms with Crippen LogP contribution in [-0.2, 0) is 16.1 Å². The van der Waals surface area contributed by atoms with Crippen molar-refractivity contribution in [3.8, 4) is 0 Å². The Bertz CT molecular complexity index is 785. The summed E-state index contributed by atoms with van der Waals surface area (Å²) in [6, 6.07) is 0. The van der Waals surface area contributed by atoms with E-state index in [0.717, 1.165) is 6.92 Å². The number of allylic oxidation sites excluding steroid dienone is 2. The lowest BCUT2D eigenvalue weighted by molar-refractivity contribution is -0.147. The van der Waals surface area contributed by atoms with Gasteiger partial charge in [0.05, 0.1) is 11.5 Å². The SMILES string of the molecule is Cc1c(F)c(F)c(COC(=O)[C@H]2[C@@H](C=C(Cl)C(F)(F)F)C2(C)C)c(F)c1F. The zero-order chi connectivity index (χ0) is 20.9. The molecule has 0 radical (unpaired) electrons. The van der Waals surface area contributed by atoms with Gasteiger partial charge in [-0.1, -0.05) is 31.5 Å². The van der Waals surface area contributed by atoms with Gasteiger partial charge in [0.25, 0.3) is 0 Å². The molecule has 0 saturated heterocycles. The van der Waals surface area contributed by atoms with Gasteiger partial charge < -0.3 is 4.74 Å². The van der Waals surface area contributed by atoms with Crippen molar-refractivity contribution >= 4 is 17.6 Å². The molecule has 1 fully saturated rings. The van der Waals surface area contributed by atoms with Crippen LogP contribution >= 0.6 is 11.6 Å². The molecule has 2 rings (SSSR count). The number of carbonyl (C=O) groups excluding carboxylic acids is 1. The van der Waals surface area contributed by atoms with Crippen LogP contribution in [0.5, 0.6) is 0 Å². The molecule has 0 unspecified atom stereocenters. The summed E-state index contributed by atoms with van der Waals surface area (Å²) in [6.45, 7) is 2.68. The minimum Gasteiger partial charge on any atom is -0.460 e. The van der Waals surface area contributed by atoms with E-state index in [0.29, 0.717) is 6.08 Å². The third kappa shape index (κ3) is 3.93. The Balaban J connectivity index is 2.16. The van der Waals surface area contributed by atoms with Crippen LogP contribution in [0.3, 0.4) is 0 Å². The highest BCUT2D eigenvalue weighted by atomic mass is 35.5. The zero-order valence-corrected chi connectivity index (χ0v) is 15.0. The zero-order valence-electron chi connectivity index (χ0n) is 14.3. The van der Waals surface area contributed by atoms with Crippen LogP contribution in [0.15, 0.2) is 11.1 Å². The van der Waals surface area contributed by atoms with Gasteiger partial charge in [-0.15, -0.1) is 0 Å². The van der Waals surface area contributed by atoms with Gasteiger partial charge in [0.15, 0.2) is 23.3 Å². The number of halogens is 8. The molecule has 1 aliphatic rings. The van der Waals surface area contributed by atoms with E-state index in [1.165, 1.54) is 13.8 Å². The summed E-state index contributed by atoms with van der Waals surface area (Å²) in [4.78, 5) is 12.1. The Morgan fingerprint density at radius 2 is 1.59 bits per heavy atom. The van der Waals surface area contributed by atoms with Crippen LogP contribution in [0, 0.1) is 47.4 Å². The predicted molar refractivity (Wildman–Crippen MR) is 81.6 cm³/mol. The molecule has 0 N–H and O–H groups in total. The van der Waals surface area contributed by atoms with E-state index in [1.54, 1.807) is 0 Å². The molecule has 150 valence electrons. The number of alkyl halides is 3. The van der Waals surface area contributed by atoms with Gasteiger partial charge in [0.1, 0.15) is 11.6 Å². The first-order valence-corrected chi connectivity index (χ1v) is 8.01. The maximum absolute atomic E-state index is 13.8. The van der Waals surface area contributed by atoms with E-state index in [-0.39, 0.29) is 0 Å². The molecule has 1 aromatic carbocycles. The monoisotopic (exact) mass is 418 g/mol. The van der Waals surface area contributed by atoms with Crippen molar-refractivity contribution in [1.29, 1.82) is 0 Å². The van der Waals surface area contributed by atoms with E-state index in [9.17, 15) is 35.5 Å². The van der Waals surface area contributed by atoms with Gasteiger partial charge in [0.2, 0.25) is 0 Å². The molecule has 10 heteroatoms. The van der Waals surface area contributed by atoms with Gasteiger partial charge in [0, 0.05) is 5.56 Å². The van der Waals surface area contributed by atoms with Crippen LogP contribution in [0.2, 0.25) is 0 Å². The van der Waals surface area contributed by atoms with Crippen molar-refractivity contribution < 1.29 is 40.3 Å². The number of benzene rings is 1. The van der Waals surface area contributed by atoms with E-state index >= 15 is 0 Å². The number of hydrogen-bond acceptors (Lipinski definition) is 2. The number of hydrogen-bond donors (Lipinski definition) is 0. The quantitative estimate of drug-likeness (QED) is 0.364. The third-order valence-corrected chi connectivity index (χ3v) is 5.03. The molecule has 1 saturated carbocycles. The second kappa shape index (κ2) is 7.00. The molecule has 0 bridgehead atoms. The van der Waals surface area contributed by atoms with Crippen LogP contribution in [0.25, 0.3) is 0 Å².